The predicted molar refractivity (Wildman–Crippen MR) is 90.9 cm³/mol. The van der Waals surface area contributed by atoms with E-state index in [9.17, 15) is 0 Å². The molecule has 4 nitrogen and oxygen atoms in total. The van der Waals surface area contributed by atoms with E-state index in [2.05, 4.69) is 16.0 Å². The normalized spacial score (nSPS) is 9.43. The highest BCUT2D eigenvalue weighted by Gasteiger charge is 2.01. The Kier molecular flexibility index (Phi) is 5.96. The van der Waals surface area contributed by atoms with Gasteiger partial charge < -0.3 is 9.72 Å². The molecule has 3 aromatic rings. The van der Waals surface area contributed by atoms with Crippen molar-refractivity contribution in [2.75, 3.05) is 0 Å². The van der Waals surface area contributed by atoms with Crippen LogP contribution in [0.4, 0.5) is 0 Å². The Morgan fingerprint density at radius 1 is 1.13 bits per heavy atom. The van der Waals surface area contributed by atoms with Crippen molar-refractivity contribution in [3.63, 3.8) is 0 Å². The standard InChI is InChI=1S/C17H13N3O.C2H6/c18-9-13-2-1-3-14(8-13)11-21-16-6-4-15(5-7-16)17-10-19-12-20-17;1-2/h1-8,10,12H,11H2,(H,19,20);1-2H3. The molecule has 3 rings (SSSR count). The maximum atomic E-state index is 8.87. The first-order valence-electron chi connectivity index (χ1n) is 7.56. The van der Waals surface area contributed by atoms with Gasteiger partial charge in [-0.3, -0.25) is 0 Å². The van der Waals surface area contributed by atoms with Crippen LogP contribution in [0.3, 0.4) is 0 Å². The largest absolute Gasteiger partial charge is 0.489 e. The van der Waals surface area contributed by atoms with Gasteiger partial charge in [-0.15, -0.1) is 0 Å². The second-order valence-corrected chi connectivity index (χ2v) is 4.59. The second-order valence-electron chi connectivity index (χ2n) is 4.59. The van der Waals surface area contributed by atoms with Gasteiger partial charge in [-0.05, 0) is 47.5 Å². The molecule has 0 saturated carbocycles. The summed E-state index contributed by atoms with van der Waals surface area (Å²) in [4.78, 5) is 7.06. The summed E-state index contributed by atoms with van der Waals surface area (Å²) in [5.41, 5.74) is 3.66. The van der Waals surface area contributed by atoms with Crippen LogP contribution in [0.5, 0.6) is 5.75 Å². The molecule has 1 aromatic heterocycles. The van der Waals surface area contributed by atoms with Gasteiger partial charge in [-0.25, -0.2) is 4.98 Å². The van der Waals surface area contributed by atoms with E-state index < -0.39 is 0 Å². The second kappa shape index (κ2) is 8.40. The maximum Gasteiger partial charge on any atom is 0.119 e. The van der Waals surface area contributed by atoms with Gasteiger partial charge in [-0.2, -0.15) is 5.26 Å². The minimum Gasteiger partial charge on any atom is -0.489 e. The molecule has 0 aliphatic rings. The van der Waals surface area contributed by atoms with Crippen molar-refractivity contribution in [2.24, 2.45) is 0 Å². The van der Waals surface area contributed by atoms with E-state index in [0.29, 0.717) is 12.2 Å². The first-order chi connectivity index (χ1) is 11.3. The number of H-pyrrole nitrogens is 1. The number of benzene rings is 2. The van der Waals surface area contributed by atoms with E-state index in [0.717, 1.165) is 22.6 Å². The number of nitriles is 1. The number of imidazole rings is 1. The van der Waals surface area contributed by atoms with Crippen LogP contribution in [0.15, 0.2) is 61.1 Å². The lowest BCUT2D eigenvalue weighted by molar-refractivity contribution is 0.306. The Bertz CT molecular complexity index is 756. The lowest BCUT2D eigenvalue weighted by Crippen LogP contribution is -1.95. The van der Waals surface area contributed by atoms with Crippen molar-refractivity contribution in [1.29, 1.82) is 5.26 Å². The number of nitrogens with zero attached hydrogens (tertiary/aromatic N) is 2. The molecule has 0 atom stereocenters. The molecular formula is C19H19N3O. The van der Waals surface area contributed by atoms with Crippen molar-refractivity contribution < 1.29 is 4.74 Å². The molecular weight excluding hydrogens is 286 g/mol. The molecule has 0 bridgehead atoms. The van der Waals surface area contributed by atoms with Crippen LogP contribution >= 0.6 is 0 Å². The Morgan fingerprint density at radius 3 is 2.57 bits per heavy atom. The molecule has 0 radical (unpaired) electrons. The Balaban J connectivity index is 0.000000924. The van der Waals surface area contributed by atoms with Gasteiger partial charge in [-0.1, -0.05) is 26.0 Å². The summed E-state index contributed by atoms with van der Waals surface area (Å²) in [6, 6.07) is 17.3. The molecule has 0 unspecified atom stereocenters. The van der Waals surface area contributed by atoms with Gasteiger partial charge in [0.05, 0.1) is 29.9 Å². The average Bonchev–Trinajstić information content (AvgIpc) is 3.17. The van der Waals surface area contributed by atoms with E-state index in [1.165, 1.54) is 0 Å². The number of aromatic amines is 1. The summed E-state index contributed by atoms with van der Waals surface area (Å²) in [6.07, 6.45) is 3.44. The first kappa shape index (κ1) is 16.3. The predicted octanol–water partition coefficient (Wildman–Crippen LogP) is 4.55. The summed E-state index contributed by atoms with van der Waals surface area (Å²) in [5, 5.41) is 8.87. The van der Waals surface area contributed by atoms with Crippen LogP contribution < -0.4 is 4.74 Å². The smallest absolute Gasteiger partial charge is 0.119 e. The molecule has 0 amide bonds. The van der Waals surface area contributed by atoms with E-state index in [1.54, 1.807) is 18.6 Å². The summed E-state index contributed by atoms with van der Waals surface area (Å²) < 4.78 is 5.73. The van der Waals surface area contributed by atoms with Crippen LogP contribution in [0.25, 0.3) is 11.3 Å². The summed E-state index contributed by atoms with van der Waals surface area (Å²) >= 11 is 0. The topological polar surface area (TPSA) is 61.7 Å². The molecule has 1 N–H and O–H groups in total. The van der Waals surface area contributed by atoms with Crippen LogP contribution in [0.2, 0.25) is 0 Å². The van der Waals surface area contributed by atoms with Crippen molar-refractivity contribution in [2.45, 2.75) is 20.5 Å². The number of rotatable bonds is 4. The Labute approximate surface area is 136 Å². The fourth-order valence-electron chi connectivity index (χ4n) is 2.04. The molecule has 116 valence electrons. The molecule has 0 aliphatic carbocycles. The monoisotopic (exact) mass is 305 g/mol. The molecule has 0 saturated heterocycles. The fraction of sp³-hybridized carbons (Fsp3) is 0.158. The molecule has 23 heavy (non-hydrogen) atoms. The zero-order chi connectivity index (χ0) is 16.5. The van der Waals surface area contributed by atoms with Crippen LogP contribution in [0, 0.1) is 11.3 Å². The van der Waals surface area contributed by atoms with Crippen molar-refractivity contribution in [1.82, 2.24) is 9.97 Å². The third-order valence-corrected chi connectivity index (χ3v) is 3.13. The van der Waals surface area contributed by atoms with Gasteiger partial charge in [0.15, 0.2) is 0 Å². The molecule has 0 spiro atoms. The first-order valence-corrected chi connectivity index (χ1v) is 7.56. The molecule has 4 heteroatoms. The van der Waals surface area contributed by atoms with Gasteiger partial charge >= 0.3 is 0 Å². The number of hydrogen-bond acceptors (Lipinski definition) is 3. The van der Waals surface area contributed by atoms with Crippen molar-refractivity contribution in [3.05, 3.63) is 72.2 Å². The lowest BCUT2D eigenvalue weighted by Gasteiger charge is -2.07. The van der Waals surface area contributed by atoms with Gasteiger partial charge in [0.1, 0.15) is 12.4 Å². The zero-order valence-electron chi connectivity index (χ0n) is 13.3. The average molecular weight is 305 g/mol. The van der Waals surface area contributed by atoms with E-state index in [4.69, 9.17) is 10.00 Å². The fourth-order valence-corrected chi connectivity index (χ4v) is 2.04. The molecule has 0 aliphatic heterocycles. The number of aromatic nitrogens is 2. The van der Waals surface area contributed by atoms with Gasteiger partial charge in [0.25, 0.3) is 0 Å². The summed E-state index contributed by atoms with van der Waals surface area (Å²) in [7, 11) is 0. The van der Waals surface area contributed by atoms with E-state index >= 15 is 0 Å². The van der Waals surface area contributed by atoms with E-state index in [-0.39, 0.29) is 0 Å². The maximum absolute atomic E-state index is 8.87. The summed E-state index contributed by atoms with van der Waals surface area (Å²) in [5.74, 6) is 0.792. The van der Waals surface area contributed by atoms with Crippen LogP contribution in [-0.4, -0.2) is 9.97 Å². The van der Waals surface area contributed by atoms with Crippen LogP contribution in [-0.2, 0) is 6.61 Å². The van der Waals surface area contributed by atoms with Gasteiger partial charge in [0.2, 0.25) is 0 Å². The lowest BCUT2D eigenvalue weighted by atomic mass is 10.1. The number of ether oxygens (including phenoxy) is 1. The number of nitrogens with one attached hydrogen (secondary N) is 1. The van der Waals surface area contributed by atoms with Crippen LogP contribution in [0.1, 0.15) is 25.0 Å². The summed E-state index contributed by atoms with van der Waals surface area (Å²) in [6.45, 7) is 4.44. The molecule has 0 fully saturated rings. The SMILES string of the molecule is CC.N#Cc1cccc(COc2ccc(-c3cnc[nH]3)cc2)c1. The molecule has 1 heterocycles. The third kappa shape index (κ3) is 4.45. The Hall–Kier alpha value is -3.06. The van der Waals surface area contributed by atoms with Gasteiger partial charge in [0, 0.05) is 0 Å². The Morgan fingerprint density at radius 2 is 1.91 bits per heavy atom. The minimum absolute atomic E-state index is 0.443. The van der Waals surface area contributed by atoms with E-state index in [1.807, 2.05) is 56.3 Å². The highest BCUT2D eigenvalue weighted by atomic mass is 16.5. The van der Waals surface area contributed by atoms with Crippen molar-refractivity contribution >= 4 is 0 Å². The third-order valence-electron chi connectivity index (χ3n) is 3.13. The highest BCUT2D eigenvalue weighted by molar-refractivity contribution is 5.58. The quantitative estimate of drug-likeness (QED) is 0.769. The highest BCUT2D eigenvalue weighted by Crippen LogP contribution is 2.20. The zero-order valence-corrected chi connectivity index (χ0v) is 13.3. The number of hydrogen-bond donors (Lipinski definition) is 1. The van der Waals surface area contributed by atoms with Crippen molar-refractivity contribution in [3.8, 4) is 23.1 Å². The minimum atomic E-state index is 0.443. The molecule has 2 aromatic carbocycles.